The molecule has 2 aromatic carbocycles. The second kappa shape index (κ2) is 10.1. The number of rotatable bonds is 8. The molecule has 1 unspecified atom stereocenters. The lowest BCUT2D eigenvalue weighted by molar-refractivity contribution is -0.151. The van der Waals surface area contributed by atoms with Crippen molar-refractivity contribution in [1.82, 2.24) is 0 Å². The molecule has 2 N–H and O–H groups in total. The number of nitrogens with one attached hydrogen (secondary N) is 2. The first-order valence-corrected chi connectivity index (χ1v) is 8.95. The van der Waals surface area contributed by atoms with Crippen LogP contribution in [0.25, 0.3) is 0 Å². The number of carbonyl (C=O) groups excluding carboxylic acids is 3. The van der Waals surface area contributed by atoms with Crippen molar-refractivity contribution in [2.45, 2.75) is 20.3 Å². The Bertz CT molecular complexity index is 833. The number of amides is 2. The Hall–Kier alpha value is -3.35. The normalized spacial score (nSPS) is 11.2. The van der Waals surface area contributed by atoms with E-state index in [1.807, 2.05) is 13.0 Å². The van der Waals surface area contributed by atoms with Crippen molar-refractivity contribution in [3.8, 4) is 5.75 Å². The zero-order valence-corrected chi connectivity index (χ0v) is 16.2. The molecule has 0 saturated carbocycles. The number of hydrogen-bond donors (Lipinski definition) is 2. The Balaban J connectivity index is 1.91. The first-order chi connectivity index (χ1) is 13.4. The quantitative estimate of drug-likeness (QED) is 0.680. The van der Waals surface area contributed by atoms with E-state index >= 15 is 0 Å². The summed E-state index contributed by atoms with van der Waals surface area (Å²) >= 11 is 0. The average Bonchev–Trinajstić information content (AvgIpc) is 2.72. The summed E-state index contributed by atoms with van der Waals surface area (Å²) in [6, 6.07) is 13.5. The lowest BCUT2D eigenvalue weighted by Gasteiger charge is -2.11. The fourth-order valence-corrected chi connectivity index (χ4v) is 2.29. The minimum absolute atomic E-state index is 0.242. The van der Waals surface area contributed by atoms with Gasteiger partial charge in [0.2, 0.25) is 0 Å². The molecule has 0 aliphatic carbocycles. The third-order valence-corrected chi connectivity index (χ3v) is 4.15. The maximum absolute atomic E-state index is 12.4. The van der Waals surface area contributed by atoms with E-state index in [0.29, 0.717) is 29.1 Å². The van der Waals surface area contributed by atoms with Gasteiger partial charge in [0.05, 0.1) is 18.7 Å². The molecule has 0 fully saturated rings. The van der Waals surface area contributed by atoms with Crippen LogP contribution in [0, 0.1) is 5.92 Å². The van der Waals surface area contributed by atoms with Crippen molar-refractivity contribution >= 4 is 29.2 Å². The van der Waals surface area contributed by atoms with E-state index < -0.39 is 11.9 Å². The highest BCUT2D eigenvalue weighted by molar-refractivity contribution is 6.05. The van der Waals surface area contributed by atoms with Crippen molar-refractivity contribution in [3.63, 3.8) is 0 Å². The maximum Gasteiger partial charge on any atom is 0.309 e. The summed E-state index contributed by atoms with van der Waals surface area (Å²) in [5, 5.41) is 5.40. The van der Waals surface area contributed by atoms with Gasteiger partial charge in [0, 0.05) is 11.3 Å². The van der Waals surface area contributed by atoms with E-state index in [4.69, 9.17) is 9.47 Å². The first-order valence-electron chi connectivity index (χ1n) is 8.95. The zero-order chi connectivity index (χ0) is 20.5. The Morgan fingerprint density at radius 1 is 1.00 bits per heavy atom. The molecule has 0 aliphatic rings. The van der Waals surface area contributed by atoms with E-state index in [0.717, 1.165) is 0 Å². The summed E-state index contributed by atoms with van der Waals surface area (Å²) in [5.74, 6) is -0.825. The van der Waals surface area contributed by atoms with Crippen LogP contribution in [0.1, 0.15) is 30.6 Å². The molecule has 0 bridgehead atoms. The van der Waals surface area contributed by atoms with Crippen LogP contribution in [0.4, 0.5) is 11.4 Å². The van der Waals surface area contributed by atoms with Crippen LogP contribution in [-0.4, -0.2) is 31.5 Å². The van der Waals surface area contributed by atoms with Gasteiger partial charge in [-0.25, -0.2) is 0 Å². The van der Waals surface area contributed by atoms with Crippen LogP contribution < -0.4 is 15.4 Å². The molecule has 0 heterocycles. The lowest BCUT2D eigenvalue weighted by atomic mass is 10.1. The summed E-state index contributed by atoms with van der Waals surface area (Å²) < 4.78 is 10.2. The Morgan fingerprint density at radius 2 is 1.68 bits per heavy atom. The third kappa shape index (κ3) is 5.84. The minimum Gasteiger partial charge on any atom is -0.495 e. The fraction of sp³-hybridized carbons (Fsp3) is 0.286. The summed E-state index contributed by atoms with van der Waals surface area (Å²) in [6.07, 6.45) is 0.652. The van der Waals surface area contributed by atoms with Gasteiger partial charge in [0.15, 0.2) is 6.61 Å². The van der Waals surface area contributed by atoms with Crippen molar-refractivity contribution in [1.29, 1.82) is 0 Å². The second-order valence-corrected chi connectivity index (χ2v) is 6.20. The maximum atomic E-state index is 12.4. The molecule has 0 aliphatic heterocycles. The lowest BCUT2D eigenvalue weighted by Crippen LogP contribution is -2.23. The number of carbonyl (C=O) groups is 3. The summed E-state index contributed by atoms with van der Waals surface area (Å²) in [5.41, 5.74) is 1.49. The monoisotopic (exact) mass is 384 g/mol. The van der Waals surface area contributed by atoms with E-state index in [2.05, 4.69) is 10.6 Å². The predicted octanol–water partition coefficient (Wildman–Crippen LogP) is 3.48. The molecule has 2 amide bonds. The number of para-hydroxylation sites is 2. The van der Waals surface area contributed by atoms with Crippen LogP contribution in [0.3, 0.4) is 0 Å². The van der Waals surface area contributed by atoms with Crippen LogP contribution in [0.15, 0.2) is 48.5 Å². The zero-order valence-electron chi connectivity index (χ0n) is 16.2. The van der Waals surface area contributed by atoms with Gasteiger partial charge in [-0.3, -0.25) is 14.4 Å². The summed E-state index contributed by atoms with van der Waals surface area (Å²) in [6.45, 7) is 3.27. The summed E-state index contributed by atoms with van der Waals surface area (Å²) in [4.78, 5) is 35.8. The number of hydrogen-bond acceptors (Lipinski definition) is 5. The molecule has 2 rings (SSSR count). The molecule has 7 nitrogen and oxygen atoms in total. The van der Waals surface area contributed by atoms with E-state index in [9.17, 15) is 14.4 Å². The Labute approximate surface area is 164 Å². The smallest absolute Gasteiger partial charge is 0.309 e. The summed E-state index contributed by atoms with van der Waals surface area (Å²) in [7, 11) is 1.53. The molecule has 2 aromatic rings. The standard InChI is InChI=1S/C21H24N2O5/c1-4-14(2)21(26)28-13-19(24)22-16-11-9-15(10-12-16)20(25)23-17-7-5-6-8-18(17)27-3/h5-12,14H,4,13H2,1-3H3,(H,22,24)(H,23,25). The topological polar surface area (TPSA) is 93.7 Å². The van der Waals surface area contributed by atoms with Gasteiger partial charge in [-0.1, -0.05) is 26.0 Å². The van der Waals surface area contributed by atoms with E-state index in [1.165, 1.54) is 7.11 Å². The predicted molar refractivity (Wildman–Crippen MR) is 106 cm³/mol. The van der Waals surface area contributed by atoms with Crippen LogP contribution in [0.5, 0.6) is 5.75 Å². The average molecular weight is 384 g/mol. The second-order valence-electron chi connectivity index (χ2n) is 6.20. The van der Waals surface area contributed by atoms with Gasteiger partial charge in [-0.2, -0.15) is 0 Å². The fourth-order valence-electron chi connectivity index (χ4n) is 2.29. The largest absolute Gasteiger partial charge is 0.495 e. The van der Waals surface area contributed by atoms with Crippen LogP contribution in [0.2, 0.25) is 0 Å². The minimum atomic E-state index is -0.442. The molecule has 28 heavy (non-hydrogen) atoms. The van der Waals surface area contributed by atoms with Gasteiger partial charge >= 0.3 is 5.97 Å². The highest BCUT2D eigenvalue weighted by Crippen LogP contribution is 2.23. The van der Waals surface area contributed by atoms with E-state index in [-0.39, 0.29) is 18.4 Å². The number of ether oxygens (including phenoxy) is 2. The molecule has 1 atom stereocenters. The molecule has 7 heteroatoms. The van der Waals surface area contributed by atoms with Crippen molar-refractivity contribution in [2.75, 3.05) is 24.4 Å². The van der Waals surface area contributed by atoms with Crippen molar-refractivity contribution in [2.24, 2.45) is 5.92 Å². The Kier molecular flexibility index (Phi) is 7.56. The molecular formula is C21H24N2O5. The highest BCUT2D eigenvalue weighted by Gasteiger charge is 2.14. The van der Waals surface area contributed by atoms with Gasteiger partial charge in [-0.15, -0.1) is 0 Å². The van der Waals surface area contributed by atoms with E-state index in [1.54, 1.807) is 49.4 Å². The Morgan fingerprint density at radius 3 is 2.32 bits per heavy atom. The SMILES string of the molecule is CCC(C)C(=O)OCC(=O)Nc1ccc(C(=O)Nc2ccccc2OC)cc1. The van der Waals surface area contributed by atoms with Crippen molar-refractivity contribution < 1.29 is 23.9 Å². The van der Waals surface area contributed by atoms with Gasteiger partial charge in [0.25, 0.3) is 11.8 Å². The number of anilines is 2. The van der Waals surface area contributed by atoms with Crippen molar-refractivity contribution in [3.05, 3.63) is 54.1 Å². The number of benzene rings is 2. The van der Waals surface area contributed by atoms with Gasteiger partial charge < -0.3 is 20.1 Å². The molecular weight excluding hydrogens is 360 g/mol. The molecule has 0 aromatic heterocycles. The van der Waals surface area contributed by atoms with Crippen LogP contribution >= 0.6 is 0 Å². The first kappa shape index (κ1) is 21.0. The van der Waals surface area contributed by atoms with Gasteiger partial charge in [0.1, 0.15) is 5.75 Å². The van der Waals surface area contributed by atoms with Gasteiger partial charge in [-0.05, 0) is 42.8 Å². The van der Waals surface area contributed by atoms with Crippen LogP contribution in [-0.2, 0) is 14.3 Å². The molecule has 0 spiro atoms. The molecule has 148 valence electrons. The number of methoxy groups -OCH3 is 1. The number of esters is 1. The highest BCUT2D eigenvalue weighted by atomic mass is 16.5. The third-order valence-electron chi connectivity index (χ3n) is 4.15. The molecule has 0 saturated heterocycles. The molecule has 0 radical (unpaired) electrons.